The molecule has 128 valence electrons. The van der Waals surface area contributed by atoms with Gasteiger partial charge in [0, 0.05) is 36.6 Å². The van der Waals surface area contributed by atoms with Crippen LogP contribution in [0.3, 0.4) is 0 Å². The third kappa shape index (κ3) is 4.03. The largest absolute Gasteiger partial charge is 0.381 e. The van der Waals surface area contributed by atoms with Crippen molar-refractivity contribution in [2.24, 2.45) is 0 Å². The highest BCUT2D eigenvalue weighted by Gasteiger charge is 2.36. The monoisotopic (exact) mass is 364 g/mol. The number of amides is 2. The van der Waals surface area contributed by atoms with Gasteiger partial charge in [-0.1, -0.05) is 6.07 Å². The summed E-state index contributed by atoms with van der Waals surface area (Å²) in [5.41, 5.74) is 0.871. The summed E-state index contributed by atoms with van der Waals surface area (Å²) >= 11 is 3.25. The first kappa shape index (κ1) is 17.1. The smallest absolute Gasteiger partial charge is 0.309 e. The Kier molecular flexibility index (Phi) is 5.65. The summed E-state index contributed by atoms with van der Waals surface area (Å²) in [4.78, 5) is 25.3. The van der Waals surface area contributed by atoms with Crippen molar-refractivity contribution in [2.75, 3.05) is 19.8 Å². The Balaban J connectivity index is 1.56. The number of carbonyl (C=O) groups is 2. The molecule has 2 N–H and O–H groups in total. The fourth-order valence-corrected chi connectivity index (χ4v) is 4.49. The summed E-state index contributed by atoms with van der Waals surface area (Å²) in [6.45, 7) is 2.19. The number of carbonyl (C=O) groups excluding carboxylic acids is 2. The van der Waals surface area contributed by atoms with Gasteiger partial charge in [-0.25, -0.2) is 0 Å². The molecule has 1 aliphatic rings. The molecule has 0 aromatic carbocycles. The van der Waals surface area contributed by atoms with Gasteiger partial charge in [-0.05, 0) is 46.7 Å². The summed E-state index contributed by atoms with van der Waals surface area (Å²) in [5, 5.41) is 11.4. The van der Waals surface area contributed by atoms with Gasteiger partial charge in [0.15, 0.2) is 0 Å². The summed E-state index contributed by atoms with van der Waals surface area (Å²) in [5.74, 6) is -1.16. The maximum absolute atomic E-state index is 12.1. The predicted octanol–water partition coefficient (Wildman–Crippen LogP) is 2.29. The van der Waals surface area contributed by atoms with E-state index in [9.17, 15) is 9.59 Å². The lowest BCUT2D eigenvalue weighted by Crippen LogP contribution is -2.48. The van der Waals surface area contributed by atoms with Crippen molar-refractivity contribution >= 4 is 34.5 Å². The van der Waals surface area contributed by atoms with Crippen molar-refractivity contribution in [3.63, 3.8) is 0 Å². The molecule has 5 nitrogen and oxygen atoms in total. The van der Waals surface area contributed by atoms with Crippen LogP contribution in [-0.2, 0) is 26.3 Å². The molecular formula is C17H20N2O3S2. The second-order valence-electron chi connectivity index (χ2n) is 5.87. The molecule has 1 aliphatic heterocycles. The average molecular weight is 364 g/mol. The van der Waals surface area contributed by atoms with E-state index in [-0.39, 0.29) is 5.41 Å². The highest BCUT2D eigenvalue weighted by Crippen LogP contribution is 2.36. The molecule has 0 aliphatic carbocycles. The highest BCUT2D eigenvalue weighted by molar-refractivity contribution is 7.10. The van der Waals surface area contributed by atoms with Gasteiger partial charge < -0.3 is 15.4 Å². The lowest BCUT2D eigenvalue weighted by molar-refractivity contribution is -0.139. The van der Waals surface area contributed by atoms with E-state index in [1.165, 1.54) is 4.88 Å². The van der Waals surface area contributed by atoms with E-state index in [2.05, 4.69) is 16.7 Å². The maximum atomic E-state index is 12.1. The molecule has 7 heteroatoms. The molecule has 3 rings (SSSR count). The molecule has 2 amide bonds. The molecule has 1 saturated heterocycles. The van der Waals surface area contributed by atoms with E-state index in [0.29, 0.717) is 26.3 Å². The second-order valence-corrected chi connectivity index (χ2v) is 7.59. The fourth-order valence-electron chi connectivity index (χ4n) is 2.84. The molecule has 2 aromatic rings. The molecule has 0 atom stereocenters. The van der Waals surface area contributed by atoms with Crippen LogP contribution in [0.15, 0.2) is 34.3 Å². The minimum absolute atomic E-state index is 0.129. The van der Waals surface area contributed by atoms with Gasteiger partial charge in [0.2, 0.25) is 0 Å². The number of rotatable bonds is 5. The van der Waals surface area contributed by atoms with Gasteiger partial charge in [0.05, 0.1) is 0 Å². The number of ether oxygens (including phenoxy) is 1. The molecule has 3 heterocycles. The minimum atomic E-state index is -0.588. The van der Waals surface area contributed by atoms with E-state index in [1.54, 1.807) is 22.7 Å². The van der Waals surface area contributed by atoms with E-state index in [4.69, 9.17) is 4.74 Å². The molecule has 2 aromatic heterocycles. The van der Waals surface area contributed by atoms with Gasteiger partial charge in [-0.3, -0.25) is 9.59 Å². The molecule has 0 unspecified atom stereocenters. The lowest BCUT2D eigenvalue weighted by atomic mass is 9.78. The molecule has 0 radical (unpaired) electrons. The Hall–Kier alpha value is -1.70. The number of nitrogens with one attached hydrogen (secondary N) is 2. The summed E-state index contributed by atoms with van der Waals surface area (Å²) in [7, 11) is 0. The van der Waals surface area contributed by atoms with Crippen LogP contribution in [0.4, 0.5) is 0 Å². The summed E-state index contributed by atoms with van der Waals surface area (Å²) < 4.78 is 5.47. The zero-order valence-corrected chi connectivity index (χ0v) is 14.9. The first-order chi connectivity index (χ1) is 11.7. The third-order valence-corrected chi connectivity index (χ3v) is 6.17. The maximum Gasteiger partial charge on any atom is 0.309 e. The summed E-state index contributed by atoms with van der Waals surface area (Å²) in [6.07, 6.45) is 1.70. The van der Waals surface area contributed by atoms with Crippen LogP contribution < -0.4 is 10.6 Å². The zero-order chi connectivity index (χ0) is 16.8. The quantitative estimate of drug-likeness (QED) is 0.800. The first-order valence-corrected chi connectivity index (χ1v) is 9.71. The van der Waals surface area contributed by atoms with Crippen LogP contribution in [0.5, 0.6) is 0 Å². The van der Waals surface area contributed by atoms with Crippen molar-refractivity contribution in [1.29, 1.82) is 0 Å². The van der Waals surface area contributed by atoms with E-state index in [0.717, 1.165) is 18.4 Å². The Morgan fingerprint density at radius 3 is 2.58 bits per heavy atom. The number of thiophene rings is 2. The Labute approximate surface area is 149 Å². The van der Waals surface area contributed by atoms with E-state index >= 15 is 0 Å². The lowest BCUT2D eigenvalue weighted by Gasteiger charge is -2.36. The molecule has 1 fully saturated rings. The normalized spacial score (nSPS) is 16.5. The minimum Gasteiger partial charge on any atom is -0.381 e. The van der Waals surface area contributed by atoms with Gasteiger partial charge in [0.25, 0.3) is 0 Å². The van der Waals surface area contributed by atoms with Crippen LogP contribution in [0, 0.1) is 0 Å². The average Bonchev–Trinajstić information content (AvgIpc) is 3.32. The second kappa shape index (κ2) is 7.92. The standard InChI is InChI=1S/C17H20N2O3S2/c20-15(18-10-13-3-9-23-11-13)16(21)19-12-17(4-6-22-7-5-17)14-2-1-8-24-14/h1-3,8-9,11H,4-7,10,12H2,(H,18,20)(H,19,21). The Morgan fingerprint density at radius 2 is 1.92 bits per heavy atom. The highest BCUT2D eigenvalue weighted by atomic mass is 32.1. The van der Waals surface area contributed by atoms with Crippen molar-refractivity contribution in [3.8, 4) is 0 Å². The molecule has 0 spiro atoms. The van der Waals surface area contributed by atoms with Crippen LogP contribution in [0.25, 0.3) is 0 Å². The van der Waals surface area contributed by atoms with E-state index < -0.39 is 11.8 Å². The van der Waals surface area contributed by atoms with Crippen LogP contribution >= 0.6 is 22.7 Å². The predicted molar refractivity (Wildman–Crippen MR) is 95.2 cm³/mol. The van der Waals surface area contributed by atoms with Gasteiger partial charge in [-0.15, -0.1) is 11.3 Å². The molecule has 24 heavy (non-hydrogen) atoms. The zero-order valence-electron chi connectivity index (χ0n) is 13.2. The molecule has 0 bridgehead atoms. The van der Waals surface area contributed by atoms with Crippen LogP contribution in [0.2, 0.25) is 0 Å². The Bertz CT molecular complexity index is 662. The number of hydrogen-bond donors (Lipinski definition) is 2. The molecule has 0 saturated carbocycles. The molecular weight excluding hydrogens is 344 g/mol. The van der Waals surface area contributed by atoms with Gasteiger partial charge >= 0.3 is 11.8 Å². The van der Waals surface area contributed by atoms with Crippen molar-refractivity contribution in [2.45, 2.75) is 24.8 Å². The number of hydrogen-bond acceptors (Lipinski definition) is 5. The van der Waals surface area contributed by atoms with Crippen LogP contribution in [0.1, 0.15) is 23.3 Å². The van der Waals surface area contributed by atoms with Crippen LogP contribution in [-0.4, -0.2) is 31.6 Å². The first-order valence-electron chi connectivity index (χ1n) is 7.88. The van der Waals surface area contributed by atoms with Crippen molar-refractivity contribution in [3.05, 3.63) is 44.8 Å². The fraction of sp³-hybridized carbons (Fsp3) is 0.412. The topological polar surface area (TPSA) is 67.4 Å². The van der Waals surface area contributed by atoms with E-state index in [1.807, 2.05) is 28.3 Å². The Morgan fingerprint density at radius 1 is 1.12 bits per heavy atom. The summed E-state index contributed by atoms with van der Waals surface area (Å²) in [6, 6.07) is 6.04. The third-order valence-electron chi connectivity index (χ3n) is 4.32. The van der Waals surface area contributed by atoms with Gasteiger partial charge in [-0.2, -0.15) is 11.3 Å². The van der Waals surface area contributed by atoms with Crippen molar-refractivity contribution < 1.29 is 14.3 Å². The van der Waals surface area contributed by atoms with Gasteiger partial charge in [0.1, 0.15) is 0 Å². The van der Waals surface area contributed by atoms with Crippen molar-refractivity contribution in [1.82, 2.24) is 10.6 Å². The SMILES string of the molecule is O=C(NCc1ccsc1)C(=O)NCC1(c2cccs2)CCOCC1.